The molecule has 0 aliphatic heterocycles. The zero-order valence-electron chi connectivity index (χ0n) is 12.5. The molecule has 0 bridgehead atoms. The molecule has 1 rings (SSSR count). The summed E-state index contributed by atoms with van der Waals surface area (Å²) in [5, 5.41) is 20.9. The highest BCUT2D eigenvalue weighted by molar-refractivity contribution is 5.66. The van der Waals surface area contributed by atoms with Crippen LogP contribution >= 0.6 is 0 Å². The van der Waals surface area contributed by atoms with Gasteiger partial charge in [0.05, 0.1) is 11.0 Å². The Balaban J connectivity index is 3.41. The van der Waals surface area contributed by atoms with Crippen LogP contribution in [0.15, 0.2) is 30.9 Å². The lowest BCUT2D eigenvalue weighted by Crippen LogP contribution is -2.42. The summed E-state index contributed by atoms with van der Waals surface area (Å²) >= 11 is 0. The molecule has 0 saturated carbocycles. The molecule has 110 valence electrons. The Morgan fingerprint density at radius 1 is 1.50 bits per heavy atom. The van der Waals surface area contributed by atoms with Gasteiger partial charge in [-0.05, 0) is 39.3 Å². The molecule has 5 nitrogen and oxygen atoms in total. The Morgan fingerprint density at radius 3 is 2.50 bits per heavy atom. The van der Waals surface area contributed by atoms with Gasteiger partial charge in [0.1, 0.15) is 5.69 Å². The van der Waals surface area contributed by atoms with Crippen LogP contribution in [0.3, 0.4) is 0 Å². The van der Waals surface area contributed by atoms with E-state index < -0.39 is 11.0 Å². The minimum absolute atomic E-state index is 0.000162. The van der Waals surface area contributed by atoms with E-state index in [0.29, 0.717) is 17.8 Å². The van der Waals surface area contributed by atoms with Gasteiger partial charge in [-0.15, -0.1) is 6.58 Å². The van der Waals surface area contributed by atoms with Gasteiger partial charge in [0.2, 0.25) is 0 Å². The zero-order chi connectivity index (χ0) is 15.5. The summed E-state index contributed by atoms with van der Waals surface area (Å²) in [5.41, 5.74) is 0.797. The molecule has 0 heterocycles. The maximum Gasteiger partial charge on any atom is 0.292 e. The first-order chi connectivity index (χ1) is 9.18. The molecule has 1 aromatic rings. The van der Waals surface area contributed by atoms with Gasteiger partial charge in [-0.25, -0.2) is 0 Å². The van der Waals surface area contributed by atoms with Gasteiger partial charge in [-0.1, -0.05) is 12.1 Å². The van der Waals surface area contributed by atoms with Crippen LogP contribution in [-0.2, 0) is 0 Å². The molecular weight excluding hydrogens is 256 g/mol. The van der Waals surface area contributed by atoms with Gasteiger partial charge in [-0.3, -0.25) is 10.1 Å². The van der Waals surface area contributed by atoms with E-state index >= 15 is 0 Å². The summed E-state index contributed by atoms with van der Waals surface area (Å²) < 4.78 is 0. The number of hydrogen-bond donors (Lipinski definition) is 1. The number of benzene rings is 1. The molecule has 5 heteroatoms. The number of aliphatic hydroxyl groups excluding tert-OH is 1. The predicted octanol–water partition coefficient (Wildman–Crippen LogP) is 3.44. The second-order valence-corrected chi connectivity index (χ2v) is 5.75. The van der Waals surface area contributed by atoms with Crippen molar-refractivity contribution in [3.8, 4) is 0 Å². The van der Waals surface area contributed by atoms with Crippen LogP contribution in [0.4, 0.5) is 11.4 Å². The first kappa shape index (κ1) is 16.2. The maximum absolute atomic E-state index is 11.3. The van der Waals surface area contributed by atoms with Crippen LogP contribution in [0.25, 0.3) is 0 Å². The summed E-state index contributed by atoms with van der Waals surface area (Å²) in [6, 6.07) is 4.84. The smallest absolute Gasteiger partial charge is 0.292 e. The highest BCUT2D eigenvalue weighted by Crippen LogP contribution is 2.34. The standard InChI is InChI=1S/C15H22N2O3/c1-6-9-16(15(3,4)5)13-8-7-12(11(2)18)10-14(13)17(19)20/h6-8,10-11,18H,1,9H2,2-5H3/t11-/m1/s1. The molecule has 0 spiro atoms. The van der Waals surface area contributed by atoms with Gasteiger partial charge in [0, 0.05) is 18.2 Å². The molecule has 0 aliphatic carbocycles. The number of aliphatic hydroxyl groups is 1. The molecule has 1 aromatic carbocycles. The van der Waals surface area contributed by atoms with Gasteiger partial charge in [-0.2, -0.15) is 0 Å². The van der Waals surface area contributed by atoms with Gasteiger partial charge >= 0.3 is 0 Å². The minimum Gasteiger partial charge on any atom is -0.389 e. The quantitative estimate of drug-likeness (QED) is 0.509. The Kier molecular flexibility index (Phi) is 4.89. The lowest BCUT2D eigenvalue weighted by Gasteiger charge is -2.36. The molecule has 0 saturated heterocycles. The van der Waals surface area contributed by atoms with Gasteiger partial charge in [0.25, 0.3) is 5.69 Å². The lowest BCUT2D eigenvalue weighted by atomic mass is 10.0. The number of hydrogen-bond acceptors (Lipinski definition) is 4. The van der Waals surface area contributed by atoms with Crippen molar-refractivity contribution in [2.24, 2.45) is 0 Å². The van der Waals surface area contributed by atoms with Gasteiger partial charge in [0.15, 0.2) is 0 Å². The van der Waals surface area contributed by atoms with E-state index in [1.165, 1.54) is 6.07 Å². The van der Waals surface area contributed by atoms with E-state index in [0.717, 1.165) is 0 Å². The van der Waals surface area contributed by atoms with Crippen LogP contribution in [0.2, 0.25) is 0 Å². The third-order valence-corrected chi connectivity index (χ3v) is 3.09. The van der Waals surface area contributed by atoms with E-state index in [-0.39, 0.29) is 11.2 Å². The van der Waals surface area contributed by atoms with Crippen LogP contribution in [0.1, 0.15) is 39.4 Å². The largest absolute Gasteiger partial charge is 0.389 e. The van der Waals surface area contributed by atoms with Crippen LogP contribution < -0.4 is 4.90 Å². The monoisotopic (exact) mass is 278 g/mol. The second kappa shape index (κ2) is 6.05. The highest BCUT2D eigenvalue weighted by atomic mass is 16.6. The molecule has 20 heavy (non-hydrogen) atoms. The normalized spacial score (nSPS) is 12.8. The lowest BCUT2D eigenvalue weighted by molar-refractivity contribution is -0.384. The number of anilines is 1. The summed E-state index contributed by atoms with van der Waals surface area (Å²) in [5.74, 6) is 0. The molecule has 0 aliphatic rings. The average molecular weight is 278 g/mol. The third kappa shape index (κ3) is 3.57. The van der Waals surface area contributed by atoms with Crippen molar-refractivity contribution < 1.29 is 10.0 Å². The van der Waals surface area contributed by atoms with Crippen molar-refractivity contribution in [1.82, 2.24) is 0 Å². The zero-order valence-corrected chi connectivity index (χ0v) is 12.5. The molecule has 0 aromatic heterocycles. The Morgan fingerprint density at radius 2 is 2.10 bits per heavy atom. The second-order valence-electron chi connectivity index (χ2n) is 5.75. The minimum atomic E-state index is -0.731. The Hall–Kier alpha value is -1.88. The molecule has 1 atom stereocenters. The highest BCUT2D eigenvalue weighted by Gasteiger charge is 2.27. The van der Waals surface area contributed by atoms with E-state index in [4.69, 9.17) is 0 Å². The van der Waals surface area contributed by atoms with E-state index in [9.17, 15) is 15.2 Å². The number of rotatable bonds is 5. The van der Waals surface area contributed by atoms with E-state index in [1.807, 2.05) is 25.7 Å². The molecule has 0 amide bonds. The molecule has 0 unspecified atom stereocenters. The Labute approximate surface area is 119 Å². The topological polar surface area (TPSA) is 66.6 Å². The van der Waals surface area contributed by atoms with E-state index in [2.05, 4.69) is 6.58 Å². The van der Waals surface area contributed by atoms with Gasteiger partial charge < -0.3 is 10.0 Å². The summed E-state index contributed by atoms with van der Waals surface area (Å²) in [7, 11) is 0. The maximum atomic E-state index is 11.3. The first-order valence-corrected chi connectivity index (χ1v) is 6.53. The summed E-state index contributed by atoms with van der Waals surface area (Å²) in [6.07, 6.45) is 0.989. The molecule has 1 N–H and O–H groups in total. The third-order valence-electron chi connectivity index (χ3n) is 3.09. The van der Waals surface area contributed by atoms with Crippen LogP contribution in [0, 0.1) is 10.1 Å². The summed E-state index contributed by atoms with van der Waals surface area (Å²) in [4.78, 5) is 12.8. The summed E-state index contributed by atoms with van der Waals surface area (Å²) in [6.45, 7) is 11.8. The predicted molar refractivity (Wildman–Crippen MR) is 81.0 cm³/mol. The van der Waals surface area contributed by atoms with E-state index in [1.54, 1.807) is 25.1 Å². The number of nitro groups is 1. The SMILES string of the molecule is C=CCN(c1ccc([C@@H](C)O)cc1[N+](=O)[O-])C(C)(C)C. The van der Waals surface area contributed by atoms with Crippen molar-refractivity contribution in [3.05, 3.63) is 46.5 Å². The average Bonchev–Trinajstić information content (AvgIpc) is 2.33. The van der Waals surface area contributed by atoms with Crippen molar-refractivity contribution in [1.29, 1.82) is 0 Å². The van der Waals surface area contributed by atoms with Crippen LogP contribution in [0.5, 0.6) is 0 Å². The fourth-order valence-corrected chi connectivity index (χ4v) is 2.04. The fourth-order valence-electron chi connectivity index (χ4n) is 2.04. The fraction of sp³-hybridized carbons (Fsp3) is 0.467. The first-order valence-electron chi connectivity index (χ1n) is 6.53. The van der Waals surface area contributed by atoms with Crippen molar-refractivity contribution >= 4 is 11.4 Å². The van der Waals surface area contributed by atoms with Crippen molar-refractivity contribution in [3.63, 3.8) is 0 Å². The number of nitrogens with zero attached hydrogens (tertiary/aromatic N) is 2. The molecule has 0 fully saturated rings. The number of nitro benzene ring substituents is 1. The van der Waals surface area contributed by atoms with Crippen LogP contribution in [-0.4, -0.2) is 22.1 Å². The Bertz CT molecular complexity index is 504. The van der Waals surface area contributed by atoms with Crippen molar-refractivity contribution in [2.45, 2.75) is 39.3 Å². The molecular formula is C15H22N2O3. The van der Waals surface area contributed by atoms with Crippen molar-refractivity contribution in [2.75, 3.05) is 11.4 Å². The molecule has 0 radical (unpaired) electrons.